The van der Waals surface area contributed by atoms with Crippen LogP contribution in [0.5, 0.6) is 17.2 Å². The largest absolute Gasteiger partial charge is 0.491 e. The number of methoxy groups -OCH3 is 1. The van der Waals surface area contributed by atoms with Crippen molar-refractivity contribution in [1.29, 1.82) is 0 Å². The second kappa shape index (κ2) is 11.5. The maximum absolute atomic E-state index is 6.48. The summed E-state index contributed by atoms with van der Waals surface area (Å²) in [4.78, 5) is 2.52. The molecule has 2 aliphatic heterocycles. The lowest BCUT2D eigenvalue weighted by atomic mass is 9.90. The average Bonchev–Trinajstić information content (AvgIpc) is 2.81. The number of nitrogens with zero attached hydrogens (tertiary/aromatic N) is 1. The lowest BCUT2D eigenvalue weighted by molar-refractivity contribution is 0.146. The highest BCUT2D eigenvalue weighted by Gasteiger charge is 2.21. The van der Waals surface area contributed by atoms with Gasteiger partial charge in [0, 0.05) is 29.8 Å². The van der Waals surface area contributed by atoms with Crippen molar-refractivity contribution in [3.8, 4) is 17.2 Å². The minimum atomic E-state index is 0.545. The molecule has 2 aromatic carbocycles. The maximum Gasteiger partial charge on any atom is 0.162 e. The van der Waals surface area contributed by atoms with Gasteiger partial charge in [0.2, 0.25) is 0 Å². The molecule has 0 saturated carbocycles. The van der Waals surface area contributed by atoms with Crippen molar-refractivity contribution < 1.29 is 18.9 Å². The second-order valence-corrected chi connectivity index (χ2v) is 9.24. The number of hydrogen-bond donors (Lipinski definition) is 0. The van der Waals surface area contributed by atoms with E-state index >= 15 is 0 Å². The molecule has 0 unspecified atom stereocenters. The lowest BCUT2D eigenvalue weighted by Crippen LogP contribution is -2.35. The average molecular weight is 480 g/mol. The van der Waals surface area contributed by atoms with Gasteiger partial charge in [-0.2, -0.15) is 0 Å². The Hall–Kier alpha value is -1.66. The minimum absolute atomic E-state index is 0.545. The molecule has 5 nitrogen and oxygen atoms in total. The zero-order valence-electron chi connectivity index (χ0n) is 18.6. The van der Waals surface area contributed by atoms with Crippen LogP contribution in [0.4, 0.5) is 0 Å². The van der Waals surface area contributed by atoms with Crippen LogP contribution in [0.25, 0.3) is 0 Å². The highest BCUT2D eigenvalue weighted by Crippen LogP contribution is 2.36. The van der Waals surface area contributed by atoms with Crippen molar-refractivity contribution in [2.24, 2.45) is 5.92 Å². The van der Waals surface area contributed by atoms with E-state index in [1.165, 1.54) is 18.4 Å². The summed E-state index contributed by atoms with van der Waals surface area (Å²) in [6.07, 6.45) is 4.23. The smallest absolute Gasteiger partial charge is 0.162 e. The van der Waals surface area contributed by atoms with Gasteiger partial charge in [-0.15, -0.1) is 0 Å². The van der Waals surface area contributed by atoms with Crippen LogP contribution in [-0.2, 0) is 17.6 Å². The standard InChI is InChI=1S/C25H31Cl2NO4/c1-29-10-11-30-21-2-3-22(26)20(15-21)14-18-4-7-28(8-5-18)9-6-19-16-24-25(17-23(19)27)32-13-12-31-24/h2-3,15-18H,4-14H2,1H3. The number of halogens is 2. The molecule has 4 rings (SSSR count). The molecule has 32 heavy (non-hydrogen) atoms. The summed E-state index contributed by atoms with van der Waals surface area (Å²) in [5.41, 5.74) is 2.29. The first-order chi connectivity index (χ1) is 15.6. The Balaban J connectivity index is 1.26. The molecule has 0 spiro atoms. The fourth-order valence-corrected chi connectivity index (χ4v) is 4.78. The predicted molar refractivity (Wildman–Crippen MR) is 128 cm³/mol. The molecule has 0 atom stereocenters. The van der Waals surface area contributed by atoms with E-state index in [0.717, 1.165) is 65.3 Å². The fourth-order valence-electron chi connectivity index (χ4n) is 4.34. The van der Waals surface area contributed by atoms with Crippen LogP contribution in [0.15, 0.2) is 30.3 Å². The molecule has 0 bridgehead atoms. The molecule has 0 amide bonds. The molecule has 2 aliphatic rings. The topological polar surface area (TPSA) is 40.2 Å². The normalized spacial score (nSPS) is 16.8. The lowest BCUT2D eigenvalue weighted by Gasteiger charge is -2.32. The van der Waals surface area contributed by atoms with Gasteiger partial charge in [-0.3, -0.25) is 0 Å². The van der Waals surface area contributed by atoms with Crippen LogP contribution < -0.4 is 14.2 Å². The molecular weight excluding hydrogens is 449 g/mol. The zero-order valence-corrected chi connectivity index (χ0v) is 20.1. The first-order valence-corrected chi connectivity index (χ1v) is 12.1. The first-order valence-electron chi connectivity index (χ1n) is 11.3. The van der Waals surface area contributed by atoms with Crippen molar-refractivity contribution in [2.45, 2.75) is 25.7 Å². The van der Waals surface area contributed by atoms with E-state index in [-0.39, 0.29) is 0 Å². The van der Waals surface area contributed by atoms with E-state index in [1.807, 2.05) is 24.3 Å². The number of benzene rings is 2. The van der Waals surface area contributed by atoms with E-state index < -0.39 is 0 Å². The van der Waals surface area contributed by atoms with Gasteiger partial charge in [-0.1, -0.05) is 23.2 Å². The van der Waals surface area contributed by atoms with E-state index in [0.29, 0.717) is 32.3 Å². The third kappa shape index (κ3) is 6.22. The van der Waals surface area contributed by atoms with Crippen LogP contribution in [0.1, 0.15) is 24.0 Å². The van der Waals surface area contributed by atoms with Gasteiger partial charge in [-0.25, -0.2) is 0 Å². The molecule has 1 fully saturated rings. The van der Waals surface area contributed by atoms with Crippen molar-refractivity contribution in [3.05, 3.63) is 51.5 Å². The Morgan fingerprint density at radius 2 is 1.69 bits per heavy atom. The summed E-state index contributed by atoms with van der Waals surface area (Å²) < 4.78 is 22.1. The highest BCUT2D eigenvalue weighted by molar-refractivity contribution is 6.31. The molecule has 1 saturated heterocycles. The summed E-state index contributed by atoms with van der Waals surface area (Å²) in [6, 6.07) is 9.86. The van der Waals surface area contributed by atoms with Gasteiger partial charge in [-0.05, 0) is 80.1 Å². The Morgan fingerprint density at radius 1 is 0.938 bits per heavy atom. The number of ether oxygens (including phenoxy) is 4. The van der Waals surface area contributed by atoms with E-state index in [1.54, 1.807) is 7.11 Å². The molecule has 0 N–H and O–H groups in total. The van der Waals surface area contributed by atoms with Crippen LogP contribution in [0.2, 0.25) is 10.0 Å². The maximum atomic E-state index is 6.48. The number of fused-ring (bicyclic) bond motifs is 1. The number of hydrogen-bond acceptors (Lipinski definition) is 5. The summed E-state index contributed by atoms with van der Waals surface area (Å²) in [5, 5.41) is 1.58. The molecule has 174 valence electrons. The number of rotatable bonds is 9. The van der Waals surface area contributed by atoms with Gasteiger partial charge >= 0.3 is 0 Å². The zero-order chi connectivity index (χ0) is 22.3. The third-order valence-electron chi connectivity index (χ3n) is 6.20. The molecule has 0 aliphatic carbocycles. The SMILES string of the molecule is COCCOc1ccc(Cl)c(CC2CCN(CCc3cc4c(cc3Cl)OCCO4)CC2)c1. The predicted octanol–water partition coefficient (Wildman–Crippen LogP) is 5.29. The van der Waals surface area contributed by atoms with Gasteiger partial charge in [0.1, 0.15) is 25.6 Å². The van der Waals surface area contributed by atoms with Crippen molar-refractivity contribution in [2.75, 3.05) is 53.2 Å². The Morgan fingerprint density at radius 3 is 2.44 bits per heavy atom. The van der Waals surface area contributed by atoms with Crippen LogP contribution in [-0.4, -0.2) is 58.1 Å². The Labute approximate surface area is 200 Å². The summed E-state index contributed by atoms with van der Waals surface area (Å²) in [7, 11) is 1.67. The van der Waals surface area contributed by atoms with E-state index in [4.69, 9.17) is 42.1 Å². The van der Waals surface area contributed by atoms with Crippen molar-refractivity contribution in [3.63, 3.8) is 0 Å². The van der Waals surface area contributed by atoms with Gasteiger partial charge in [0.25, 0.3) is 0 Å². The first kappa shape index (κ1) is 23.5. The van der Waals surface area contributed by atoms with Crippen molar-refractivity contribution >= 4 is 23.2 Å². The molecule has 0 aromatic heterocycles. The molecule has 7 heteroatoms. The number of likely N-dealkylation sites (tertiary alicyclic amines) is 1. The third-order valence-corrected chi connectivity index (χ3v) is 6.92. The van der Waals surface area contributed by atoms with Gasteiger partial charge in [0.05, 0.1) is 6.61 Å². The molecule has 2 aromatic rings. The van der Waals surface area contributed by atoms with Crippen LogP contribution >= 0.6 is 23.2 Å². The molecular formula is C25H31Cl2NO4. The Bertz CT molecular complexity index is 900. The Kier molecular flexibility index (Phi) is 8.42. The summed E-state index contributed by atoms with van der Waals surface area (Å²) >= 11 is 12.9. The van der Waals surface area contributed by atoms with Gasteiger partial charge in [0.15, 0.2) is 11.5 Å². The fraction of sp³-hybridized carbons (Fsp3) is 0.520. The van der Waals surface area contributed by atoms with Crippen LogP contribution in [0, 0.1) is 5.92 Å². The number of piperidine rings is 1. The summed E-state index contributed by atoms with van der Waals surface area (Å²) in [6.45, 7) is 5.47. The summed E-state index contributed by atoms with van der Waals surface area (Å²) in [5.74, 6) is 3.04. The van der Waals surface area contributed by atoms with E-state index in [9.17, 15) is 0 Å². The van der Waals surface area contributed by atoms with Crippen LogP contribution in [0.3, 0.4) is 0 Å². The molecule has 0 radical (unpaired) electrons. The van der Waals surface area contributed by atoms with E-state index in [2.05, 4.69) is 11.0 Å². The van der Waals surface area contributed by atoms with Gasteiger partial charge < -0.3 is 23.8 Å². The minimum Gasteiger partial charge on any atom is -0.491 e. The second-order valence-electron chi connectivity index (χ2n) is 8.42. The monoisotopic (exact) mass is 479 g/mol. The quantitative estimate of drug-likeness (QED) is 0.457. The van der Waals surface area contributed by atoms with Crippen molar-refractivity contribution in [1.82, 2.24) is 4.90 Å². The molecule has 2 heterocycles. The highest BCUT2D eigenvalue weighted by atomic mass is 35.5.